The second-order valence-corrected chi connectivity index (χ2v) is 6.77. The second kappa shape index (κ2) is 5.27. The highest BCUT2D eigenvalue weighted by atomic mass is 32.2. The monoisotopic (exact) mass is 286 g/mol. The Balaban J connectivity index is 1.89. The Labute approximate surface area is 120 Å². The lowest BCUT2D eigenvalue weighted by molar-refractivity contribution is 0.0993. The van der Waals surface area contributed by atoms with Crippen LogP contribution in [-0.4, -0.2) is 5.78 Å². The average Bonchev–Trinajstić information content (AvgIpc) is 3.01. The molecule has 0 aliphatic heterocycles. The molecule has 2 heterocycles. The zero-order valence-corrected chi connectivity index (χ0v) is 12.3. The molecular formula is C16H14OS2. The van der Waals surface area contributed by atoms with Crippen LogP contribution in [0.2, 0.25) is 0 Å². The Morgan fingerprint density at radius 2 is 2.00 bits per heavy atom. The van der Waals surface area contributed by atoms with Crippen molar-refractivity contribution in [1.29, 1.82) is 0 Å². The average molecular weight is 286 g/mol. The van der Waals surface area contributed by atoms with Crippen LogP contribution in [0.4, 0.5) is 0 Å². The van der Waals surface area contributed by atoms with E-state index in [0.717, 1.165) is 12.0 Å². The van der Waals surface area contributed by atoms with E-state index >= 15 is 0 Å². The van der Waals surface area contributed by atoms with E-state index in [1.165, 1.54) is 19.8 Å². The smallest absolute Gasteiger partial charge is 0.167 e. The van der Waals surface area contributed by atoms with Crippen molar-refractivity contribution >= 4 is 37.9 Å². The van der Waals surface area contributed by atoms with Crippen LogP contribution in [0.15, 0.2) is 41.8 Å². The van der Waals surface area contributed by atoms with Gasteiger partial charge in [0.25, 0.3) is 0 Å². The third-order valence-electron chi connectivity index (χ3n) is 3.20. The molecule has 96 valence electrons. The van der Waals surface area contributed by atoms with E-state index in [4.69, 9.17) is 0 Å². The highest BCUT2D eigenvalue weighted by Gasteiger charge is 2.12. The molecule has 1 aromatic carbocycles. The maximum Gasteiger partial charge on any atom is 0.167 e. The number of benzene rings is 1. The topological polar surface area (TPSA) is 17.1 Å². The molecule has 0 spiro atoms. The second-order valence-electron chi connectivity index (χ2n) is 4.49. The molecule has 3 rings (SSSR count). The van der Waals surface area contributed by atoms with Gasteiger partial charge in [0.15, 0.2) is 5.78 Å². The molecule has 0 radical (unpaired) electrons. The minimum absolute atomic E-state index is 0.199. The van der Waals surface area contributed by atoms with Gasteiger partial charge in [-0.1, -0.05) is 37.3 Å². The minimum Gasteiger partial charge on any atom is -0.294 e. The van der Waals surface area contributed by atoms with Crippen molar-refractivity contribution in [3.05, 3.63) is 57.8 Å². The SMILES string of the molecule is CCc1cc2c(CC(=O)c3ccccc3)csc2s1. The largest absolute Gasteiger partial charge is 0.294 e. The first-order chi connectivity index (χ1) is 9.28. The predicted octanol–water partition coefficient (Wildman–Crippen LogP) is 4.95. The molecule has 0 aliphatic carbocycles. The third-order valence-corrected chi connectivity index (χ3v) is 5.65. The van der Waals surface area contributed by atoms with E-state index in [9.17, 15) is 4.79 Å². The van der Waals surface area contributed by atoms with Crippen LogP contribution in [0.1, 0.15) is 27.7 Å². The van der Waals surface area contributed by atoms with Crippen LogP contribution in [0.3, 0.4) is 0 Å². The molecule has 0 saturated heterocycles. The molecule has 0 amide bonds. The number of carbonyl (C=O) groups is 1. The maximum absolute atomic E-state index is 12.2. The van der Waals surface area contributed by atoms with E-state index in [1.54, 1.807) is 11.3 Å². The summed E-state index contributed by atoms with van der Waals surface area (Å²) in [6, 6.07) is 11.8. The van der Waals surface area contributed by atoms with Gasteiger partial charge in [0.1, 0.15) is 0 Å². The van der Waals surface area contributed by atoms with Crippen molar-refractivity contribution < 1.29 is 4.79 Å². The molecule has 19 heavy (non-hydrogen) atoms. The van der Waals surface area contributed by atoms with Crippen molar-refractivity contribution in [2.24, 2.45) is 0 Å². The van der Waals surface area contributed by atoms with E-state index in [-0.39, 0.29) is 5.78 Å². The standard InChI is InChI=1S/C16H14OS2/c1-2-13-9-14-12(10-18-16(14)19-13)8-15(17)11-6-4-3-5-7-11/h3-7,9-10H,2,8H2,1H3. The van der Waals surface area contributed by atoms with Crippen molar-refractivity contribution in [3.63, 3.8) is 0 Å². The highest BCUT2D eigenvalue weighted by molar-refractivity contribution is 7.37. The number of hydrogen-bond donors (Lipinski definition) is 0. The number of hydrogen-bond acceptors (Lipinski definition) is 3. The third kappa shape index (κ3) is 2.48. The molecule has 0 saturated carbocycles. The summed E-state index contributed by atoms with van der Waals surface area (Å²) in [7, 11) is 0. The van der Waals surface area contributed by atoms with Crippen LogP contribution >= 0.6 is 22.7 Å². The fraction of sp³-hybridized carbons (Fsp3) is 0.188. The first-order valence-electron chi connectivity index (χ1n) is 6.35. The molecule has 3 aromatic rings. The van der Waals surface area contributed by atoms with Crippen LogP contribution in [0, 0.1) is 0 Å². The number of rotatable bonds is 4. The minimum atomic E-state index is 0.199. The summed E-state index contributed by atoms with van der Waals surface area (Å²) < 4.78 is 1.34. The Morgan fingerprint density at radius 3 is 2.74 bits per heavy atom. The normalized spacial score (nSPS) is 11.0. The van der Waals surface area contributed by atoms with Gasteiger partial charge in [-0.25, -0.2) is 0 Å². The molecule has 3 heteroatoms. The van der Waals surface area contributed by atoms with E-state index in [1.807, 2.05) is 41.7 Å². The van der Waals surface area contributed by atoms with Crippen molar-refractivity contribution in [2.75, 3.05) is 0 Å². The van der Waals surface area contributed by atoms with Crippen molar-refractivity contribution in [2.45, 2.75) is 19.8 Å². The van der Waals surface area contributed by atoms with Crippen LogP contribution < -0.4 is 0 Å². The van der Waals surface area contributed by atoms with Crippen LogP contribution in [0.5, 0.6) is 0 Å². The number of carbonyl (C=O) groups excluding carboxylic acids is 1. The van der Waals surface area contributed by atoms with Gasteiger partial charge >= 0.3 is 0 Å². The van der Waals surface area contributed by atoms with Crippen molar-refractivity contribution in [1.82, 2.24) is 0 Å². The molecule has 2 aromatic heterocycles. The van der Waals surface area contributed by atoms with Gasteiger partial charge in [0.05, 0.1) is 4.01 Å². The Hall–Kier alpha value is -1.45. The number of aryl methyl sites for hydroxylation is 1. The number of fused-ring (bicyclic) bond motifs is 1. The fourth-order valence-electron chi connectivity index (χ4n) is 2.13. The molecule has 1 nitrogen and oxygen atoms in total. The Bertz CT molecular complexity index is 707. The molecule has 0 bridgehead atoms. The lowest BCUT2D eigenvalue weighted by Crippen LogP contribution is -2.02. The lowest BCUT2D eigenvalue weighted by atomic mass is 10.0. The molecule has 0 N–H and O–H groups in total. The van der Waals surface area contributed by atoms with E-state index in [2.05, 4.69) is 18.4 Å². The van der Waals surface area contributed by atoms with Crippen LogP contribution in [-0.2, 0) is 12.8 Å². The Kier molecular flexibility index (Phi) is 3.49. The fourth-order valence-corrected chi connectivity index (χ4v) is 4.43. The summed E-state index contributed by atoms with van der Waals surface area (Å²) in [6.07, 6.45) is 1.57. The first-order valence-corrected chi connectivity index (χ1v) is 8.04. The maximum atomic E-state index is 12.2. The summed E-state index contributed by atoms with van der Waals surface area (Å²) in [5.41, 5.74) is 1.97. The molecule has 0 fully saturated rings. The van der Waals surface area contributed by atoms with Crippen LogP contribution in [0.25, 0.3) is 9.40 Å². The highest BCUT2D eigenvalue weighted by Crippen LogP contribution is 2.34. The number of thiophene rings is 2. The molecule has 0 unspecified atom stereocenters. The summed E-state index contributed by atoms with van der Waals surface area (Å²) in [4.78, 5) is 13.6. The summed E-state index contributed by atoms with van der Waals surface area (Å²) in [5.74, 6) is 0.199. The summed E-state index contributed by atoms with van der Waals surface area (Å²) in [5, 5.41) is 3.40. The van der Waals surface area contributed by atoms with E-state index < -0.39 is 0 Å². The van der Waals surface area contributed by atoms with Gasteiger partial charge in [-0.3, -0.25) is 4.79 Å². The number of ketones is 1. The molecule has 0 aliphatic rings. The zero-order valence-electron chi connectivity index (χ0n) is 10.7. The van der Waals surface area contributed by atoms with Gasteiger partial charge in [0.2, 0.25) is 0 Å². The summed E-state index contributed by atoms with van der Waals surface area (Å²) in [6.45, 7) is 2.17. The van der Waals surface area contributed by atoms with E-state index in [0.29, 0.717) is 6.42 Å². The zero-order chi connectivity index (χ0) is 13.2. The van der Waals surface area contributed by atoms with Crippen molar-refractivity contribution in [3.8, 4) is 0 Å². The Morgan fingerprint density at radius 1 is 1.21 bits per heavy atom. The predicted molar refractivity (Wildman–Crippen MR) is 83.6 cm³/mol. The quantitative estimate of drug-likeness (QED) is 0.620. The van der Waals surface area contributed by atoms with Gasteiger partial charge in [-0.2, -0.15) is 0 Å². The van der Waals surface area contributed by atoms with Gasteiger partial charge in [-0.15, -0.1) is 22.7 Å². The first kappa shape index (κ1) is 12.6. The molecular weight excluding hydrogens is 272 g/mol. The van der Waals surface area contributed by atoms with Gasteiger partial charge in [-0.05, 0) is 23.4 Å². The van der Waals surface area contributed by atoms with Gasteiger partial charge in [0, 0.05) is 22.2 Å². The van der Waals surface area contributed by atoms with Gasteiger partial charge < -0.3 is 0 Å². The lowest BCUT2D eigenvalue weighted by Gasteiger charge is -1.99. The summed E-state index contributed by atoms with van der Waals surface area (Å²) >= 11 is 3.60. The number of Topliss-reactive ketones (excluding diaryl/α,β-unsaturated/α-hetero) is 1. The molecule has 0 atom stereocenters.